The van der Waals surface area contributed by atoms with Crippen molar-refractivity contribution in [1.29, 1.82) is 0 Å². The molecule has 1 aliphatic heterocycles. The van der Waals surface area contributed by atoms with Crippen LogP contribution in [0, 0.1) is 20.0 Å². The number of nitrogens with one attached hydrogen (secondary N) is 1. The van der Waals surface area contributed by atoms with E-state index in [2.05, 4.69) is 42.4 Å². The van der Waals surface area contributed by atoms with Gasteiger partial charge in [0.05, 0.1) is 11.9 Å². The van der Waals surface area contributed by atoms with E-state index < -0.39 is 0 Å². The van der Waals surface area contributed by atoms with Crippen molar-refractivity contribution in [3.8, 4) is 11.4 Å². The molecule has 0 amide bonds. The summed E-state index contributed by atoms with van der Waals surface area (Å²) in [5, 5.41) is 2.03. The Labute approximate surface area is 131 Å². The Bertz CT molecular complexity index is 662. The largest absolute Gasteiger partial charge is 0.290 e. The van der Waals surface area contributed by atoms with E-state index >= 15 is 0 Å². The van der Waals surface area contributed by atoms with Crippen LogP contribution in [0.2, 0.25) is 0 Å². The van der Waals surface area contributed by atoms with Gasteiger partial charge in [0.2, 0.25) is 0 Å². The average molecular weight is 296 g/mol. The molecule has 0 atom stereocenters. The zero-order valence-corrected chi connectivity index (χ0v) is 13.5. The lowest BCUT2D eigenvalue weighted by molar-refractivity contribution is 0.506. The van der Waals surface area contributed by atoms with Gasteiger partial charge in [0.1, 0.15) is 11.9 Å². The second-order valence-corrected chi connectivity index (χ2v) is 5.69. The molecule has 0 unspecified atom stereocenters. The molecule has 22 heavy (non-hydrogen) atoms. The lowest BCUT2D eigenvalue weighted by Crippen LogP contribution is -2.43. The van der Waals surface area contributed by atoms with Crippen molar-refractivity contribution >= 4 is 5.82 Å². The molecule has 2 aromatic heterocycles. The zero-order chi connectivity index (χ0) is 15.5. The van der Waals surface area contributed by atoms with Crippen LogP contribution in [0.25, 0.3) is 11.4 Å². The van der Waals surface area contributed by atoms with Crippen LogP contribution < -0.4 is 10.4 Å². The molecular weight excluding hydrogens is 274 g/mol. The number of anilines is 1. The summed E-state index contributed by atoms with van der Waals surface area (Å²) in [6.07, 6.45) is 10.0. The highest BCUT2D eigenvalue weighted by Crippen LogP contribution is 2.25. The molecular formula is C17H22N5. The van der Waals surface area contributed by atoms with Crippen molar-refractivity contribution in [1.82, 2.24) is 20.4 Å². The summed E-state index contributed by atoms with van der Waals surface area (Å²) in [6, 6.07) is 0. The number of aromatic nitrogens is 3. The van der Waals surface area contributed by atoms with Gasteiger partial charge in [-0.3, -0.25) is 9.99 Å². The van der Waals surface area contributed by atoms with Crippen LogP contribution in [-0.2, 0) is 6.42 Å². The fourth-order valence-corrected chi connectivity index (χ4v) is 2.79. The third kappa shape index (κ3) is 2.81. The lowest BCUT2D eigenvalue weighted by Gasteiger charge is -2.28. The fourth-order valence-electron chi connectivity index (χ4n) is 2.79. The van der Waals surface area contributed by atoms with E-state index in [1.54, 1.807) is 6.20 Å². The van der Waals surface area contributed by atoms with Crippen LogP contribution >= 0.6 is 0 Å². The minimum atomic E-state index is 0.746. The summed E-state index contributed by atoms with van der Waals surface area (Å²) in [7, 11) is 0. The van der Waals surface area contributed by atoms with E-state index in [1.165, 1.54) is 23.1 Å². The number of pyridine rings is 1. The predicted octanol–water partition coefficient (Wildman–Crippen LogP) is 2.62. The second kappa shape index (κ2) is 6.40. The van der Waals surface area contributed by atoms with Crippen molar-refractivity contribution in [2.24, 2.45) is 0 Å². The van der Waals surface area contributed by atoms with E-state index in [1.807, 2.05) is 11.2 Å². The van der Waals surface area contributed by atoms with E-state index in [0.29, 0.717) is 0 Å². The van der Waals surface area contributed by atoms with Crippen LogP contribution in [-0.4, -0.2) is 28.0 Å². The first kappa shape index (κ1) is 14.9. The molecule has 3 heterocycles. The lowest BCUT2D eigenvalue weighted by atomic mass is 10.0. The molecule has 0 aliphatic carbocycles. The Morgan fingerprint density at radius 2 is 2.09 bits per heavy atom. The zero-order valence-electron chi connectivity index (χ0n) is 13.5. The van der Waals surface area contributed by atoms with E-state index in [4.69, 9.17) is 4.98 Å². The summed E-state index contributed by atoms with van der Waals surface area (Å²) in [4.78, 5) is 13.6. The Morgan fingerprint density at radius 3 is 2.82 bits per heavy atom. The van der Waals surface area contributed by atoms with Gasteiger partial charge in [-0.15, -0.1) is 0 Å². The van der Waals surface area contributed by atoms with Gasteiger partial charge in [0.15, 0.2) is 5.82 Å². The van der Waals surface area contributed by atoms with E-state index in [9.17, 15) is 0 Å². The SMILES string of the molecule is CCc1cnc(-c2cn[c]c(N3CCCCN3)n2)c(C)c1C. The molecule has 1 saturated heterocycles. The normalized spacial score (nSPS) is 15.1. The molecule has 1 radical (unpaired) electrons. The van der Waals surface area contributed by atoms with Crippen LogP contribution in [0.3, 0.4) is 0 Å². The molecule has 5 heteroatoms. The van der Waals surface area contributed by atoms with Gasteiger partial charge in [0.25, 0.3) is 0 Å². The first-order valence-electron chi connectivity index (χ1n) is 7.92. The maximum Gasteiger partial charge on any atom is 0.172 e. The standard InChI is InChI=1S/C17H22N5/c1-4-14-9-19-17(13(3)12(14)2)15-10-18-11-16(21-15)22-8-6-5-7-20-22/h9-10,20H,4-8H2,1-3H3. The van der Waals surface area contributed by atoms with Crippen molar-refractivity contribution < 1.29 is 0 Å². The van der Waals surface area contributed by atoms with Gasteiger partial charge in [0, 0.05) is 19.3 Å². The topological polar surface area (TPSA) is 53.9 Å². The molecule has 1 aliphatic rings. The molecule has 0 saturated carbocycles. The summed E-state index contributed by atoms with van der Waals surface area (Å²) in [5.41, 5.74) is 8.81. The number of rotatable bonds is 3. The molecule has 115 valence electrons. The first-order valence-corrected chi connectivity index (χ1v) is 7.92. The first-order chi connectivity index (χ1) is 10.7. The van der Waals surface area contributed by atoms with Gasteiger partial charge in [-0.1, -0.05) is 6.92 Å². The minimum Gasteiger partial charge on any atom is -0.290 e. The highest BCUT2D eigenvalue weighted by molar-refractivity contribution is 5.61. The highest BCUT2D eigenvalue weighted by atomic mass is 15.5. The van der Waals surface area contributed by atoms with Crippen molar-refractivity contribution in [2.75, 3.05) is 18.1 Å². The van der Waals surface area contributed by atoms with Gasteiger partial charge in [-0.2, -0.15) is 0 Å². The van der Waals surface area contributed by atoms with E-state index in [0.717, 1.165) is 43.1 Å². The maximum absolute atomic E-state index is 4.71. The number of hydrazine groups is 1. The molecule has 0 aromatic carbocycles. The summed E-state index contributed by atoms with van der Waals surface area (Å²) >= 11 is 0. The summed E-state index contributed by atoms with van der Waals surface area (Å²) in [6.45, 7) is 8.32. The number of hydrogen-bond donors (Lipinski definition) is 1. The summed E-state index contributed by atoms with van der Waals surface area (Å²) in [5.74, 6) is 0.746. The van der Waals surface area contributed by atoms with Crippen molar-refractivity contribution in [3.05, 3.63) is 35.3 Å². The molecule has 5 nitrogen and oxygen atoms in total. The fraction of sp³-hybridized carbons (Fsp3) is 0.471. The second-order valence-electron chi connectivity index (χ2n) is 5.69. The van der Waals surface area contributed by atoms with Gasteiger partial charge < -0.3 is 0 Å². The Kier molecular flexibility index (Phi) is 4.34. The van der Waals surface area contributed by atoms with Gasteiger partial charge in [-0.25, -0.2) is 15.4 Å². The third-order valence-electron chi connectivity index (χ3n) is 4.32. The molecule has 2 aromatic rings. The third-order valence-corrected chi connectivity index (χ3v) is 4.32. The molecule has 3 rings (SSSR count). The molecule has 0 bridgehead atoms. The molecule has 0 spiro atoms. The van der Waals surface area contributed by atoms with Crippen LogP contribution in [0.1, 0.15) is 36.5 Å². The number of hydrogen-bond acceptors (Lipinski definition) is 5. The Morgan fingerprint density at radius 1 is 1.23 bits per heavy atom. The van der Waals surface area contributed by atoms with Crippen LogP contribution in [0.5, 0.6) is 0 Å². The van der Waals surface area contributed by atoms with E-state index in [-0.39, 0.29) is 0 Å². The maximum atomic E-state index is 4.71. The Hall–Kier alpha value is -2.01. The van der Waals surface area contributed by atoms with Crippen LogP contribution in [0.4, 0.5) is 5.82 Å². The number of aryl methyl sites for hydroxylation is 1. The smallest absolute Gasteiger partial charge is 0.172 e. The Balaban J connectivity index is 1.97. The van der Waals surface area contributed by atoms with Crippen molar-refractivity contribution in [3.63, 3.8) is 0 Å². The van der Waals surface area contributed by atoms with Crippen molar-refractivity contribution in [2.45, 2.75) is 40.0 Å². The molecule has 1 N–H and O–H groups in total. The van der Waals surface area contributed by atoms with Gasteiger partial charge >= 0.3 is 0 Å². The highest BCUT2D eigenvalue weighted by Gasteiger charge is 2.15. The molecule has 1 fully saturated rings. The summed E-state index contributed by atoms with van der Waals surface area (Å²) < 4.78 is 0. The average Bonchev–Trinajstić information content (AvgIpc) is 2.58. The monoisotopic (exact) mass is 296 g/mol. The number of nitrogens with zero attached hydrogens (tertiary/aromatic N) is 4. The van der Waals surface area contributed by atoms with Gasteiger partial charge in [-0.05, 0) is 49.8 Å². The quantitative estimate of drug-likeness (QED) is 0.943. The van der Waals surface area contributed by atoms with Crippen LogP contribution in [0.15, 0.2) is 12.4 Å². The minimum absolute atomic E-state index is 0.746. The predicted molar refractivity (Wildman–Crippen MR) is 87.5 cm³/mol.